The van der Waals surface area contributed by atoms with Crippen LogP contribution in [0.2, 0.25) is 0 Å². The van der Waals surface area contributed by atoms with Gasteiger partial charge in [0.15, 0.2) is 0 Å². The van der Waals surface area contributed by atoms with E-state index in [4.69, 9.17) is 4.74 Å². The van der Waals surface area contributed by atoms with Crippen LogP contribution in [0.1, 0.15) is 4.88 Å². The molecule has 1 N–H and O–H groups in total. The first-order valence-corrected chi connectivity index (χ1v) is 9.53. The third-order valence-electron chi connectivity index (χ3n) is 4.44. The van der Waals surface area contributed by atoms with Gasteiger partial charge in [-0.15, -0.1) is 11.3 Å². The molecule has 0 unspecified atom stereocenters. The van der Waals surface area contributed by atoms with Gasteiger partial charge in [-0.1, -0.05) is 18.2 Å². The molecule has 134 valence electrons. The number of thiophene rings is 1. The Kier molecular flexibility index (Phi) is 6.30. The third-order valence-corrected chi connectivity index (χ3v) is 5.38. The number of piperazine rings is 1. The van der Waals surface area contributed by atoms with E-state index >= 15 is 0 Å². The fraction of sp³-hybridized carbons (Fsp3) is 0.421. The summed E-state index contributed by atoms with van der Waals surface area (Å²) < 4.78 is 5.45. The van der Waals surface area contributed by atoms with Crippen molar-refractivity contribution in [3.63, 3.8) is 0 Å². The first-order chi connectivity index (χ1) is 12.3. The van der Waals surface area contributed by atoms with Crippen LogP contribution in [-0.4, -0.2) is 57.2 Å². The number of anilines is 1. The van der Waals surface area contributed by atoms with Crippen LogP contribution in [-0.2, 0) is 11.2 Å². The summed E-state index contributed by atoms with van der Waals surface area (Å²) in [5.74, 6) is 1.02. The molecule has 0 bridgehead atoms. The smallest absolute Gasteiger partial charge is 0.234 e. The summed E-state index contributed by atoms with van der Waals surface area (Å²) in [7, 11) is 1.70. The molecular weight excluding hydrogens is 334 g/mol. The van der Waals surface area contributed by atoms with Crippen molar-refractivity contribution in [1.29, 1.82) is 0 Å². The Bertz CT molecular complexity index is 667. The molecule has 0 atom stereocenters. The first-order valence-electron chi connectivity index (χ1n) is 8.65. The second kappa shape index (κ2) is 8.87. The molecule has 6 heteroatoms. The highest BCUT2D eigenvalue weighted by atomic mass is 32.1. The zero-order valence-electron chi connectivity index (χ0n) is 14.6. The minimum absolute atomic E-state index is 0.113. The number of hydrogen-bond donors (Lipinski definition) is 1. The molecule has 1 amide bonds. The summed E-state index contributed by atoms with van der Waals surface area (Å²) in [6.07, 6.45) is 0.908. The molecule has 1 saturated heterocycles. The van der Waals surface area contributed by atoms with E-state index in [9.17, 15) is 4.79 Å². The van der Waals surface area contributed by atoms with Gasteiger partial charge >= 0.3 is 0 Å². The maximum Gasteiger partial charge on any atom is 0.234 e. The van der Waals surface area contributed by atoms with Gasteiger partial charge in [-0.3, -0.25) is 9.69 Å². The lowest BCUT2D eigenvalue weighted by molar-refractivity contribution is -0.122. The van der Waals surface area contributed by atoms with Gasteiger partial charge in [0.05, 0.1) is 19.3 Å². The van der Waals surface area contributed by atoms with Crippen LogP contribution in [0.15, 0.2) is 41.8 Å². The van der Waals surface area contributed by atoms with Crippen LogP contribution >= 0.6 is 11.3 Å². The maximum atomic E-state index is 12.1. The number of amides is 1. The monoisotopic (exact) mass is 359 g/mol. The topological polar surface area (TPSA) is 44.8 Å². The molecule has 0 saturated carbocycles. The molecule has 1 aliphatic heterocycles. The maximum absolute atomic E-state index is 12.1. The van der Waals surface area contributed by atoms with Gasteiger partial charge in [-0.05, 0) is 30.0 Å². The number of rotatable bonds is 7. The van der Waals surface area contributed by atoms with Crippen molar-refractivity contribution in [2.24, 2.45) is 0 Å². The fourth-order valence-corrected chi connectivity index (χ4v) is 3.79. The minimum Gasteiger partial charge on any atom is -0.495 e. The number of hydrogen-bond acceptors (Lipinski definition) is 5. The molecule has 2 heterocycles. The highest BCUT2D eigenvalue weighted by Gasteiger charge is 2.20. The van der Waals surface area contributed by atoms with E-state index in [0.717, 1.165) is 44.0 Å². The molecular formula is C19H25N3O2S. The Morgan fingerprint density at radius 2 is 1.96 bits per heavy atom. The lowest BCUT2D eigenvalue weighted by Crippen LogP contribution is -2.49. The predicted molar refractivity (Wildman–Crippen MR) is 103 cm³/mol. The van der Waals surface area contributed by atoms with Gasteiger partial charge in [0.25, 0.3) is 0 Å². The summed E-state index contributed by atoms with van der Waals surface area (Å²) in [4.78, 5) is 18.0. The van der Waals surface area contributed by atoms with E-state index in [1.54, 1.807) is 18.4 Å². The van der Waals surface area contributed by atoms with Crippen molar-refractivity contribution in [1.82, 2.24) is 10.2 Å². The van der Waals surface area contributed by atoms with E-state index < -0.39 is 0 Å². The van der Waals surface area contributed by atoms with Crippen molar-refractivity contribution in [3.8, 4) is 5.75 Å². The van der Waals surface area contributed by atoms with Crippen molar-refractivity contribution in [3.05, 3.63) is 46.7 Å². The normalized spacial score (nSPS) is 15.2. The molecule has 1 aliphatic rings. The largest absolute Gasteiger partial charge is 0.495 e. The van der Waals surface area contributed by atoms with Crippen LogP contribution in [0, 0.1) is 0 Å². The molecule has 1 aromatic heterocycles. The molecule has 2 aromatic rings. The van der Waals surface area contributed by atoms with Gasteiger partial charge < -0.3 is 15.0 Å². The van der Waals surface area contributed by atoms with Crippen molar-refractivity contribution >= 4 is 22.9 Å². The Hall–Kier alpha value is -2.05. The summed E-state index contributed by atoms with van der Waals surface area (Å²) in [5, 5.41) is 5.09. The van der Waals surface area contributed by atoms with Crippen LogP contribution < -0.4 is 15.0 Å². The van der Waals surface area contributed by atoms with Crippen LogP contribution in [0.25, 0.3) is 0 Å². The third kappa shape index (κ3) is 4.96. The number of para-hydroxylation sites is 2. The molecule has 25 heavy (non-hydrogen) atoms. The lowest BCUT2D eigenvalue weighted by Gasteiger charge is -2.36. The number of ether oxygens (including phenoxy) is 1. The Morgan fingerprint density at radius 3 is 2.68 bits per heavy atom. The summed E-state index contributed by atoms with van der Waals surface area (Å²) >= 11 is 1.73. The Morgan fingerprint density at radius 1 is 1.16 bits per heavy atom. The molecule has 3 rings (SSSR count). The van der Waals surface area contributed by atoms with Crippen molar-refractivity contribution in [2.45, 2.75) is 6.42 Å². The Labute approximate surface area is 153 Å². The standard InChI is InChI=1S/C19H25N3O2S/c1-24-18-7-3-2-6-17(18)22-12-10-21(11-13-22)15-19(23)20-9-8-16-5-4-14-25-16/h2-7,14H,8-13,15H2,1H3,(H,20,23). The van der Waals surface area contributed by atoms with E-state index in [1.807, 2.05) is 24.3 Å². The zero-order valence-corrected chi connectivity index (χ0v) is 15.4. The van der Waals surface area contributed by atoms with E-state index in [2.05, 4.69) is 32.6 Å². The van der Waals surface area contributed by atoms with Crippen molar-refractivity contribution in [2.75, 3.05) is 51.3 Å². The summed E-state index contributed by atoms with van der Waals surface area (Å²) in [6, 6.07) is 12.2. The van der Waals surface area contributed by atoms with Gasteiger partial charge in [0, 0.05) is 37.6 Å². The van der Waals surface area contributed by atoms with Crippen LogP contribution in [0.4, 0.5) is 5.69 Å². The molecule has 0 radical (unpaired) electrons. The minimum atomic E-state index is 0.113. The number of carbonyl (C=O) groups is 1. The molecule has 1 aromatic carbocycles. The molecule has 0 aliphatic carbocycles. The summed E-state index contributed by atoms with van der Waals surface area (Å²) in [5.41, 5.74) is 1.13. The summed E-state index contributed by atoms with van der Waals surface area (Å²) in [6.45, 7) is 4.77. The van der Waals surface area contributed by atoms with Crippen LogP contribution in [0.3, 0.4) is 0 Å². The number of nitrogens with zero attached hydrogens (tertiary/aromatic N) is 2. The first kappa shape index (κ1) is 17.8. The quantitative estimate of drug-likeness (QED) is 0.823. The average molecular weight is 359 g/mol. The van der Waals surface area contributed by atoms with E-state index in [-0.39, 0.29) is 5.91 Å². The van der Waals surface area contributed by atoms with Gasteiger partial charge in [0.1, 0.15) is 5.75 Å². The highest BCUT2D eigenvalue weighted by Crippen LogP contribution is 2.28. The molecule has 0 spiro atoms. The van der Waals surface area contributed by atoms with Crippen LogP contribution in [0.5, 0.6) is 5.75 Å². The SMILES string of the molecule is COc1ccccc1N1CCN(CC(=O)NCCc2cccs2)CC1. The zero-order chi connectivity index (χ0) is 17.5. The fourth-order valence-electron chi connectivity index (χ4n) is 3.08. The van der Waals surface area contributed by atoms with E-state index in [0.29, 0.717) is 13.1 Å². The highest BCUT2D eigenvalue weighted by molar-refractivity contribution is 7.09. The lowest BCUT2D eigenvalue weighted by atomic mass is 10.2. The second-order valence-corrected chi connectivity index (χ2v) is 7.15. The number of carbonyl (C=O) groups excluding carboxylic acids is 1. The predicted octanol–water partition coefficient (Wildman–Crippen LogP) is 2.24. The number of benzene rings is 1. The van der Waals surface area contributed by atoms with E-state index in [1.165, 1.54) is 4.88 Å². The molecule has 1 fully saturated rings. The number of nitrogens with one attached hydrogen (secondary N) is 1. The second-order valence-electron chi connectivity index (χ2n) is 6.11. The van der Waals surface area contributed by atoms with Crippen molar-refractivity contribution < 1.29 is 9.53 Å². The van der Waals surface area contributed by atoms with Gasteiger partial charge in [-0.2, -0.15) is 0 Å². The molecule has 5 nitrogen and oxygen atoms in total. The number of methoxy groups -OCH3 is 1. The Balaban J connectivity index is 1.40. The average Bonchev–Trinajstić information content (AvgIpc) is 3.16. The van der Waals surface area contributed by atoms with Gasteiger partial charge in [-0.25, -0.2) is 0 Å². The van der Waals surface area contributed by atoms with Gasteiger partial charge in [0.2, 0.25) is 5.91 Å².